The molecular formula is C18H17N5O. The first-order valence-electron chi connectivity index (χ1n) is 7.59. The first kappa shape index (κ1) is 14.3. The van der Waals surface area contributed by atoms with Crippen molar-refractivity contribution in [3.05, 3.63) is 71.4 Å². The molecular weight excluding hydrogens is 302 g/mol. The van der Waals surface area contributed by atoms with E-state index in [1.807, 2.05) is 37.5 Å². The number of rotatable bonds is 2. The van der Waals surface area contributed by atoms with Crippen LogP contribution in [0.4, 0.5) is 17.2 Å². The third-order valence-electron chi connectivity index (χ3n) is 4.49. The Balaban J connectivity index is 2.05. The Hall–Kier alpha value is -3.28. The molecule has 2 aromatic carbocycles. The lowest BCUT2D eigenvalue weighted by Gasteiger charge is -2.28. The van der Waals surface area contributed by atoms with Gasteiger partial charge >= 0.3 is 0 Å². The van der Waals surface area contributed by atoms with Crippen LogP contribution in [0.2, 0.25) is 0 Å². The molecule has 24 heavy (non-hydrogen) atoms. The summed E-state index contributed by atoms with van der Waals surface area (Å²) in [5.74, 6) is 0.450. The number of aryl methyl sites for hydroxylation is 1. The van der Waals surface area contributed by atoms with Gasteiger partial charge in [-0.25, -0.2) is 0 Å². The van der Waals surface area contributed by atoms with E-state index < -0.39 is 5.41 Å². The molecule has 0 aliphatic carbocycles. The van der Waals surface area contributed by atoms with Crippen molar-refractivity contribution in [1.82, 2.24) is 9.78 Å². The maximum atomic E-state index is 13.1. The van der Waals surface area contributed by atoms with Crippen molar-refractivity contribution in [2.24, 2.45) is 7.05 Å². The second-order valence-corrected chi connectivity index (χ2v) is 6.01. The lowest BCUT2D eigenvalue weighted by Crippen LogP contribution is -2.37. The SMILES string of the molecule is Cn1cc2c(n1)NC(=O)C2(c1ccc(N)cc1)c1ccc(N)cc1. The van der Waals surface area contributed by atoms with E-state index in [9.17, 15) is 4.79 Å². The first-order chi connectivity index (χ1) is 11.5. The van der Waals surface area contributed by atoms with Crippen molar-refractivity contribution in [2.75, 3.05) is 16.8 Å². The molecule has 4 rings (SSSR count). The molecule has 0 bridgehead atoms. The molecule has 0 radical (unpaired) electrons. The van der Waals surface area contributed by atoms with Crippen molar-refractivity contribution in [3.63, 3.8) is 0 Å². The fourth-order valence-electron chi connectivity index (χ4n) is 3.38. The molecule has 1 aliphatic heterocycles. The van der Waals surface area contributed by atoms with Crippen LogP contribution in [0.15, 0.2) is 54.7 Å². The molecule has 0 saturated heterocycles. The minimum absolute atomic E-state index is 0.129. The predicted octanol–water partition coefficient (Wildman–Crippen LogP) is 1.87. The smallest absolute Gasteiger partial charge is 0.245 e. The first-order valence-corrected chi connectivity index (χ1v) is 7.59. The molecule has 0 unspecified atom stereocenters. The highest BCUT2D eigenvalue weighted by atomic mass is 16.2. The monoisotopic (exact) mass is 319 g/mol. The number of carbonyl (C=O) groups excluding carboxylic acids is 1. The summed E-state index contributed by atoms with van der Waals surface area (Å²) in [6, 6.07) is 14.7. The van der Waals surface area contributed by atoms with E-state index in [1.165, 1.54) is 0 Å². The zero-order valence-corrected chi connectivity index (χ0v) is 13.2. The number of fused-ring (bicyclic) bond motifs is 1. The number of amides is 1. The van der Waals surface area contributed by atoms with Crippen LogP contribution in [0.3, 0.4) is 0 Å². The van der Waals surface area contributed by atoms with E-state index in [-0.39, 0.29) is 5.91 Å². The van der Waals surface area contributed by atoms with Gasteiger partial charge in [0, 0.05) is 30.2 Å². The summed E-state index contributed by atoms with van der Waals surface area (Å²) < 4.78 is 1.70. The Kier molecular flexibility index (Phi) is 2.90. The van der Waals surface area contributed by atoms with Crippen molar-refractivity contribution in [1.29, 1.82) is 0 Å². The molecule has 1 aliphatic rings. The van der Waals surface area contributed by atoms with Crippen LogP contribution in [0, 0.1) is 0 Å². The van der Waals surface area contributed by atoms with E-state index in [4.69, 9.17) is 11.5 Å². The van der Waals surface area contributed by atoms with Gasteiger partial charge in [0.1, 0.15) is 5.41 Å². The van der Waals surface area contributed by atoms with Crippen molar-refractivity contribution >= 4 is 23.1 Å². The molecule has 2 heterocycles. The van der Waals surface area contributed by atoms with Gasteiger partial charge in [-0.2, -0.15) is 5.10 Å². The molecule has 6 nitrogen and oxygen atoms in total. The van der Waals surface area contributed by atoms with Gasteiger partial charge in [0.25, 0.3) is 0 Å². The Bertz CT molecular complexity index is 880. The van der Waals surface area contributed by atoms with E-state index >= 15 is 0 Å². The molecule has 0 fully saturated rings. The highest BCUT2D eigenvalue weighted by Gasteiger charge is 2.51. The van der Waals surface area contributed by atoms with E-state index in [0.717, 1.165) is 16.7 Å². The molecule has 1 amide bonds. The number of carbonyl (C=O) groups is 1. The summed E-state index contributed by atoms with van der Waals surface area (Å²) in [6.45, 7) is 0. The summed E-state index contributed by atoms with van der Waals surface area (Å²) in [4.78, 5) is 13.1. The topological polar surface area (TPSA) is 99.0 Å². The highest BCUT2D eigenvalue weighted by Crippen LogP contribution is 2.47. The van der Waals surface area contributed by atoms with Crippen LogP contribution in [0.5, 0.6) is 0 Å². The molecule has 6 heteroatoms. The van der Waals surface area contributed by atoms with Gasteiger partial charge in [0.05, 0.1) is 0 Å². The summed E-state index contributed by atoms with van der Waals surface area (Å²) in [5, 5.41) is 7.26. The zero-order valence-electron chi connectivity index (χ0n) is 13.2. The van der Waals surface area contributed by atoms with Gasteiger partial charge in [-0.1, -0.05) is 24.3 Å². The lowest BCUT2D eigenvalue weighted by atomic mass is 9.71. The third kappa shape index (κ3) is 1.83. The Morgan fingerprint density at radius 3 is 1.96 bits per heavy atom. The second kappa shape index (κ2) is 4.86. The zero-order chi connectivity index (χ0) is 16.9. The average molecular weight is 319 g/mol. The number of hydrogen-bond acceptors (Lipinski definition) is 4. The number of hydrogen-bond donors (Lipinski definition) is 3. The normalized spacial score (nSPS) is 15.1. The number of nitrogens with two attached hydrogens (primary N) is 2. The molecule has 5 N–H and O–H groups in total. The molecule has 0 atom stereocenters. The summed E-state index contributed by atoms with van der Waals surface area (Å²) in [7, 11) is 1.83. The number of aromatic nitrogens is 2. The Labute approximate surface area is 139 Å². The molecule has 1 aromatic heterocycles. The number of nitrogen functional groups attached to an aromatic ring is 2. The van der Waals surface area contributed by atoms with Gasteiger partial charge in [0.2, 0.25) is 5.91 Å². The molecule has 0 saturated carbocycles. The van der Waals surface area contributed by atoms with Gasteiger partial charge in [-0.3, -0.25) is 9.48 Å². The standard InChI is InChI=1S/C18H17N5O/c1-23-10-15-16(22-23)21-17(24)18(15,11-2-6-13(19)7-3-11)12-4-8-14(20)9-5-12/h2-10H,19-20H2,1H3,(H,21,22,24). The largest absolute Gasteiger partial charge is 0.399 e. The lowest BCUT2D eigenvalue weighted by molar-refractivity contribution is -0.118. The highest BCUT2D eigenvalue weighted by molar-refractivity contribution is 6.10. The summed E-state index contributed by atoms with van der Waals surface area (Å²) in [5.41, 5.74) is 14.5. The second-order valence-electron chi connectivity index (χ2n) is 6.01. The Morgan fingerprint density at radius 1 is 0.958 bits per heavy atom. The van der Waals surface area contributed by atoms with Crippen molar-refractivity contribution in [3.8, 4) is 0 Å². The minimum atomic E-state index is -0.967. The van der Waals surface area contributed by atoms with Crippen LogP contribution in [-0.4, -0.2) is 15.7 Å². The van der Waals surface area contributed by atoms with Gasteiger partial charge < -0.3 is 16.8 Å². The minimum Gasteiger partial charge on any atom is -0.399 e. The van der Waals surface area contributed by atoms with Crippen molar-refractivity contribution in [2.45, 2.75) is 5.41 Å². The number of nitrogens with one attached hydrogen (secondary N) is 1. The van der Waals surface area contributed by atoms with Crippen molar-refractivity contribution < 1.29 is 4.79 Å². The third-order valence-corrected chi connectivity index (χ3v) is 4.49. The van der Waals surface area contributed by atoms with E-state index in [2.05, 4.69) is 10.4 Å². The fourth-order valence-corrected chi connectivity index (χ4v) is 3.38. The number of anilines is 3. The number of benzene rings is 2. The quantitative estimate of drug-likeness (QED) is 0.628. The average Bonchev–Trinajstić information content (AvgIpc) is 3.03. The van der Waals surface area contributed by atoms with Crippen LogP contribution in [0.25, 0.3) is 0 Å². The molecule has 3 aromatic rings. The maximum absolute atomic E-state index is 13.1. The van der Waals surface area contributed by atoms with E-state index in [1.54, 1.807) is 28.9 Å². The van der Waals surface area contributed by atoms with Crippen LogP contribution >= 0.6 is 0 Å². The van der Waals surface area contributed by atoms with Gasteiger partial charge in [-0.05, 0) is 35.4 Å². The van der Waals surface area contributed by atoms with Crippen LogP contribution in [0.1, 0.15) is 16.7 Å². The predicted molar refractivity (Wildman–Crippen MR) is 93.4 cm³/mol. The number of nitrogens with zero attached hydrogens (tertiary/aromatic N) is 2. The van der Waals surface area contributed by atoms with Gasteiger partial charge in [-0.15, -0.1) is 0 Å². The molecule has 120 valence electrons. The van der Waals surface area contributed by atoms with Gasteiger partial charge in [0.15, 0.2) is 5.82 Å². The fraction of sp³-hybridized carbons (Fsp3) is 0.111. The van der Waals surface area contributed by atoms with Crippen LogP contribution in [-0.2, 0) is 17.3 Å². The summed E-state index contributed by atoms with van der Waals surface area (Å²) >= 11 is 0. The van der Waals surface area contributed by atoms with E-state index in [0.29, 0.717) is 17.2 Å². The molecule has 0 spiro atoms. The van der Waals surface area contributed by atoms with Crippen LogP contribution < -0.4 is 16.8 Å². The maximum Gasteiger partial charge on any atom is 0.245 e. The summed E-state index contributed by atoms with van der Waals surface area (Å²) in [6.07, 6.45) is 1.87. The Morgan fingerprint density at radius 2 is 1.46 bits per heavy atom.